The Morgan fingerprint density at radius 1 is 1.69 bits per heavy atom. The highest BCUT2D eigenvalue weighted by Crippen LogP contribution is 2.18. The third-order valence-corrected chi connectivity index (χ3v) is 2.54. The van der Waals surface area contributed by atoms with Crippen molar-refractivity contribution in [3.05, 3.63) is 22.3 Å². The Labute approximate surface area is 103 Å². The maximum absolute atomic E-state index is 12.0. The van der Waals surface area contributed by atoms with Gasteiger partial charge in [-0.25, -0.2) is 4.98 Å². The summed E-state index contributed by atoms with van der Waals surface area (Å²) in [4.78, 5) is 17.5. The first-order chi connectivity index (χ1) is 7.60. The number of hydrogen-bond acceptors (Lipinski definition) is 4. The molecule has 16 heavy (non-hydrogen) atoms. The highest BCUT2D eigenvalue weighted by molar-refractivity contribution is 9.10. The lowest BCUT2D eigenvalue weighted by Gasteiger charge is -2.17. The zero-order chi connectivity index (χ0) is 12.1. The number of carbonyl (C=O) groups excluding carboxylic acids is 1. The van der Waals surface area contributed by atoms with Crippen LogP contribution in [0.1, 0.15) is 10.4 Å². The molecule has 0 saturated heterocycles. The van der Waals surface area contributed by atoms with Crippen LogP contribution in [0.25, 0.3) is 0 Å². The zero-order valence-electron chi connectivity index (χ0n) is 9.20. The van der Waals surface area contributed by atoms with Gasteiger partial charge < -0.3 is 15.3 Å². The van der Waals surface area contributed by atoms with Crippen molar-refractivity contribution in [2.75, 3.05) is 32.6 Å². The summed E-state index contributed by atoms with van der Waals surface area (Å²) >= 11 is 3.27. The Hall–Kier alpha value is -1.14. The van der Waals surface area contributed by atoms with Gasteiger partial charge in [0.15, 0.2) is 0 Å². The van der Waals surface area contributed by atoms with Gasteiger partial charge in [-0.1, -0.05) is 0 Å². The van der Waals surface area contributed by atoms with Gasteiger partial charge in [-0.15, -0.1) is 0 Å². The number of carbonyl (C=O) groups is 1. The molecule has 0 spiro atoms. The minimum atomic E-state index is -0.174. The van der Waals surface area contributed by atoms with E-state index in [0.717, 1.165) is 4.47 Å². The smallest absolute Gasteiger partial charge is 0.257 e. The molecule has 0 fully saturated rings. The molecule has 1 aromatic rings. The van der Waals surface area contributed by atoms with E-state index in [1.54, 1.807) is 26.4 Å². The average molecular weight is 288 g/mol. The number of pyridine rings is 1. The summed E-state index contributed by atoms with van der Waals surface area (Å²) in [6.07, 6.45) is 1.62. The normalized spacial score (nSPS) is 10.0. The summed E-state index contributed by atoms with van der Waals surface area (Å²) < 4.78 is 0.743. The summed E-state index contributed by atoms with van der Waals surface area (Å²) in [5.41, 5.74) is 0.479. The lowest BCUT2D eigenvalue weighted by molar-refractivity contribution is 0.0767. The zero-order valence-corrected chi connectivity index (χ0v) is 10.8. The summed E-state index contributed by atoms with van der Waals surface area (Å²) in [5.74, 6) is 0.352. The van der Waals surface area contributed by atoms with E-state index in [2.05, 4.69) is 26.2 Å². The Kier molecular flexibility index (Phi) is 4.70. The molecule has 0 aliphatic heterocycles. The van der Waals surface area contributed by atoms with Gasteiger partial charge in [0.05, 0.1) is 12.2 Å². The highest BCUT2D eigenvalue weighted by Gasteiger charge is 2.16. The van der Waals surface area contributed by atoms with Gasteiger partial charge >= 0.3 is 0 Å². The quantitative estimate of drug-likeness (QED) is 0.865. The van der Waals surface area contributed by atoms with E-state index in [0.29, 0.717) is 17.9 Å². The van der Waals surface area contributed by atoms with Crippen LogP contribution in [-0.4, -0.2) is 48.1 Å². The van der Waals surface area contributed by atoms with Crippen molar-refractivity contribution in [3.8, 4) is 0 Å². The van der Waals surface area contributed by atoms with Gasteiger partial charge in [-0.2, -0.15) is 0 Å². The average Bonchev–Trinajstić information content (AvgIpc) is 2.28. The standard InChI is InChI=1S/C10H14BrN3O2/c1-12-9-8(5-7(11)6-13-9)10(16)14(2)3-4-15/h5-6,15H,3-4H2,1-2H3,(H,12,13). The number of aromatic nitrogens is 1. The molecule has 0 aliphatic rings. The van der Waals surface area contributed by atoms with E-state index in [4.69, 9.17) is 5.11 Å². The molecular weight excluding hydrogens is 274 g/mol. The number of nitrogens with zero attached hydrogens (tertiary/aromatic N) is 2. The first kappa shape index (κ1) is 12.9. The molecule has 1 heterocycles. The summed E-state index contributed by atoms with van der Waals surface area (Å²) in [6.45, 7) is 0.243. The summed E-state index contributed by atoms with van der Waals surface area (Å²) in [6, 6.07) is 1.70. The van der Waals surface area contributed by atoms with Gasteiger partial charge in [0.1, 0.15) is 5.82 Å². The fourth-order valence-electron chi connectivity index (χ4n) is 1.26. The van der Waals surface area contributed by atoms with Crippen molar-refractivity contribution in [2.45, 2.75) is 0 Å². The third kappa shape index (κ3) is 2.93. The molecule has 0 radical (unpaired) electrons. The Bertz CT molecular complexity index is 384. The fraction of sp³-hybridized carbons (Fsp3) is 0.400. The van der Waals surface area contributed by atoms with Crippen LogP contribution >= 0.6 is 15.9 Å². The SMILES string of the molecule is CNc1ncc(Br)cc1C(=O)N(C)CCO. The van der Waals surface area contributed by atoms with Crippen molar-refractivity contribution in [2.24, 2.45) is 0 Å². The van der Waals surface area contributed by atoms with Crippen molar-refractivity contribution in [1.29, 1.82) is 0 Å². The molecule has 0 bridgehead atoms. The third-order valence-electron chi connectivity index (χ3n) is 2.10. The highest BCUT2D eigenvalue weighted by atomic mass is 79.9. The maximum atomic E-state index is 12.0. The Morgan fingerprint density at radius 2 is 2.38 bits per heavy atom. The summed E-state index contributed by atoms with van der Waals surface area (Å²) in [7, 11) is 3.35. The number of hydrogen-bond donors (Lipinski definition) is 2. The molecular formula is C10H14BrN3O2. The minimum absolute atomic E-state index is 0.0570. The van der Waals surface area contributed by atoms with Crippen LogP contribution in [0.15, 0.2) is 16.7 Å². The molecule has 0 aromatic carbocycles. The number of aliphatic hydroxyl groups is 1. The predicted octanol–water partition coefficient (Wildman–Crippen LogP) is 0.950. The molecule has 88 valence electrons. The number of anilines is 1. The lowest BCUT2D eigenvalue weighted by atomic mass is 10.2. The predicted molar refractivity (Wildman–Crippen MR) is 65.5 cm³/mol. The van der Waals surface area contributed by atoms with Crippen molar-refractivity contribution < 1.29 is 9.90 Å². The van der Waals surface area contributed by atoms with Crippen molar-refractivity contribution in [1.82, 2.24) is 9.88 Å². The number of aliphatic hydroxyl groups excluding tert-OH is 1. The van der Waals surface area contributed by atoms with Crippen LogP contribution in [0.3, 0.4) is 0 Å². The minimum Gasteiger partial charge on any atom is -0.395 e. The number of likely N-dealkylation sites (N-methyl/N-ethyl adjacent to an activating group) is 1. The molecule has 0 unspecified atom stereocenters. The van der Waals surface area contributed by atoms with E-state index in [-0.39, 0.29) is 12.5 Å². The molecule has 5 nitrogen and oxygen atoms in total. The largest absolute Gasteiger partial charge is 0.395 e. The first-order valence-corrected chi connectivity index (χ1v) is 5.59. The molecule has 0 saturated carbocycles. The number of amides is 1. The second-order valence-electron chi connectivity index (χ2n) is 3.25. The van der Waals surface area contributed by atoms with Crippen molar-refractivity contribution >= 4 is 27.7 Å². The van der Waals surface area contributed by atoms with Gasteiger partial charge in [0, 0.05) is 31.3 Å². The van der Waals surface area contributed by atoms with Gasteiger partial charge in [0.2, 0.25) is 0 Å². The molecule has 6 heteroatoms. The molecule has 1 rings (SSSR count). The van der Waals surface area contributed by atoms with E-state index < -0.39 is 0 Å². The van der Waals surface area contributed by atoms with E-state index in [1.807, 2.05) is 0 Å². The molecule has 0 atom stereocenters. The van der Waals surface area contributed by atoms with Crippen LogP contribution in [0.4, 0.5) is 5.82 Å². The van der Waals surface area contributed by atoms with Gasteiger partial charge in [-0.05, 0) is 22.0 Å². The Balaban J connectivity index is 3.01. The summed E-state index contributed by atoms with van der Waals surface area (Å²) in [5, 5.41) is 11.6. The van der Waals surface area contributed by atoms with Gasteiger partial charge in [0.25, 0.3) is 5.91 Å². The van der Waals surface area contributed by atoms with E-state index >= 15 is 0 Å². The molecule has 1 aromatic heterocycles. The molecule has 0 aliphatic carbocycles. The first-order valence-electron chi connectivity index (χ1n) is 4.79. The monoisotopic (exact) mass is 287 g/mol. The number of rotatable bonds is 4. The lowest BCUT2D eigenvalue weighted by Crippen LogP contribution is -2.30. The topological polar surface area (TPSA) is 65.5 Å². The Morgan fingerprint density at radius 3 is 2.94 bits per heavy atom. The van der Waals surface area contributed by atoms with Crippen LogP contribution in [0, 0.1) is 0 Å². The van der Waals surface area contributed by atoms with Crippen LogP contribution in [0.5, 0.6) is 0 Å². The van der Waals surface area contributed by atoms with Crippen LogP contribution in [0.2, 0.25) is 0 Å². The molecule has 2 N–H and O–H groups in total. The second kappa shape index (κ2) is 5.81. The van der Waals surface area contributed by atoms with E-state index in [1.165, 1.54) is 4.90 Å². The fourth-order valence-corrected chi connectivity index (χ4v) is 1.59. The van der Waals surface area contributed by atoms with Crippen LogP contribution in [-0.2, 0) is 0 Å². The van der Waals surface area contributed by atoms with Crippen molar-refractivity contribution in [3.63, 3.8) is 0 Å². The second-order valence-corrected chi connectivity index (χ2v) is 4.17. The van der Waals surface area contributed by atoms with Gasteiger partial charge in [-0.3, -0.25) is 4.79 Å². The maximum Gasteiger partial charge on any atom is 0.257 e. The van der Waals surface area contributed by atoms with E-state index in [9.17, 15) is 4.79 Å². The number of nitrogens with one attached hydrogen (secondary N) is 1. The number of halogens is 1. The molecule has 1 amide bonds. The van der Waals surface area contributed by atoms with Crippen LogP contribution < -0.4 is 5.32 Å².